The van der Waals surface area contributed by atoms with Gasteiger partial charge in [-0.1, -0.05) is 18.2 Å². The molecule has 1 aromatic heterocycles. The first kappa shape index (κ1) is 23.6. The summed E-state index contributed by atoms with van der Waals surface area (Å²) < 4.78 is 0. The van der Waals surface area contributed by atoms with Gasteiger partial charge in [-0.3, -0.25) is 14.5 Å². The van der Waals surface area contributed by atoms with E-state index in [4.69, 9.17) is 0 Å². The van der Waals surface area contributed by atoms with Gasteiger partial charge in [0.05, 0.1) is 0 Å². The standard InChI is InChI=1S/C20H24N4O2.ClH.H2O/c1-16(25)17-5-4-6-18(15-17)22-20(26)8-10-23-11-13-24(14-12-23)19-7-2-3-9-21-19;;/h2-7,9,15H,8,10-14H2,1H3,(H,22,26);1H;1H2. The molecule has 1 aromatic carbocycles. The van der Waals surface area contributed by atoms with Crippen molar-refractivity contribution in [1.29, 1.82) is 0 Å². The van der Waals surface area contributed by atoms with Gasteiger partial charge in [0.25, 0.3) is 0 Å². The minimum absolute atomic E-state index is 0. The number of Topliss-reactive ketones (excluding diaryl/α,β-unsaturated/α-hetero) is 1. The van der Waals surface area contributed by atoms with Gasteiger partial charge in [0.1, 0.15) is 5.82 Å². The summed E-state index contributed by atoms with van der Waals surface area (Å²) in [6, 6.07) is 13.0. The monoisotopic (exact) mass is 406 g/mol. The minimum atomic E-state index is -0.0298. The molecule has 1 saturated heterocycles. The Bertz CT molecular complexity index is 765. The van der Waals surface area contributed by atoms with Crippen molar-refractivity contribution < 1.29 is 15.1 Å². The second-order valence-electron chi connectivity index (χ2n) is 6.45. The van der Waals surface area contributed by atoms with Gasteiger partial charge in [0, 0.05) is 56.6 Å². The quantitative estimate of drug-likeness (QED) is 0.740. The number of carbonyl (C=O) groups excluding carboxylic acids is 2. The largest absolute Gasteiger partial charge is 0.412 e. The number of aromatic nitrogens is 1. The van der Waals surface area contributed by atoms with E-state index in [1.165, 1.54) is 6.92 Å². The highest BCUT2D eigenvalue weighted by Crippen LogP contribution is 2.14. The van der Waals surface area contributed by atoms with E-state index < -0.39 is 0 Å². The van der Waals surface area contributed by atoms with Crippen LogP contribution in [-0.2, 0) is 4.79 Å². The van der Waals surface area contributed by atoms with E-state index in [9.17, 15) is 9.59 Å². The average molecular weight is 407 g/mol. The number of hydrogen-bond donors (Lipinski definition) is 1. The number of nitrogens with one attached hydrogen (secondary N) is 1. The lowest BCUT2D eigenvalue weighted by atomic mass is 10.1. The van der Waals surface area contributed by atoms with Crippen LogP contribution < -0.4 is 10.2 Å². The van der Waals surface area contributed by atoms with Crippen LogP contribution in [0.1, 0.15) is 23.7 Å². The maximum atomic E-state index is 12.2. The molecule has 7 nitrogen and oxygen atoms in total. The Hall–Kier alpha value is -2.48. The Morgan fingerprint density at radius 1 is 1.07 bits per heavy atom. The summed E-state index contributed by atoms with van der Waals surface area (Å²) in [5, 5.41) is 2.87. The summed E-state index contributed by atoms with van der Waals surface area (Å²) in [6.07, 6.45) is 2.25. The Morgan fingerprint density at radius 3 is 2.46 bits per heavy atom. The zero-order chi connectivity index (χ0) is 18.4. The smallest absolute Gasteiger partial charge is 0.225 e. The summed E-state index contributed by atoms with van der Waals surface area (Å²) in [5.74, 6) is 0.972. The van der Waals surface area contributed by atoms with Gasteiger partial charge in [-0.2, -0.15) is 0 Å². The number of halogens is 1. The fourth-order valence-electron chi connectivity index (χ4n) is 3.04. The molecule has 1 aliphatic heterocycles. The van der Waals surface area contributed by atoms with Gasteiger partial charge in [-0.05, 0) is 31.2 Å². The highest BCUT2D eigenvalue weighted by molar-refractivity contribution is 5.97. The Balaban J connectivity index is 0.00000196. The number of rotatable bonds is 6. The summed E-state index contributed by atoms with van der Waals surface area (Å²) >= 11 is 0. The Morgan fingerprint density at radius 2 is 1.82 bits per heavy atom. The van der Waals surface area contributed by atoms with Crippen LogP contribution >= 0.6 is 12.4 Å². The van der Waals surface area contributed by atoms with Crippen LogP contribution in [-0.4, -0.2) is 59.8 Å². The normalized spacial score (nSPS) is 13.8. The lowest BCUT2D eigenvalue weighted by Crippen LogP contribution is -2.47. The molecule has 152 valence electrons. The number of ketones is 1. The van der Waals surface area contributed by atoms with Gasteiger partial charge in [-0.25, -0.2) is 4.98 Å². The molecule has 0 bridgehead atoms. The predicted octanol–water partition coefficient (Wildman–Crippen LogP) is 2.03. The maximum Gasteiger partial charge on any atom is 0.225 e. The van der Waals surface area contributed by atoms with Crippen molar-refractivity contribution in [3.05, 3.63) is 54.2 Å². The molecule has 0 spiro atoms. The molecule has 2 heterocycles. The summed E-state index contributed by atoms with van der Waals surface area (Å²) in [4.78, 5) is 32.5. The van der Waals surface area contributed by atoms with Crippen molar-refractivity contribution in [2.75, 3.05) is 42.9 Å². The zero-order valence-electron chi connectivity index (χ0n) is 15.9. The van der Waals surface area contributed by atoms with E-state index in [1.54, 1.807) is 24.3 Å². The van der Waals surface area contributed by atoms with Crippen LogP contribution in [0.2, 0.25) is 0 Å². The van der Waals surface area contributed by atoms with Crippen LogP contribution in [0, 0.1) is 0 Å². The third-order valence-electron chi connectivity index (χ3n) is 4.55. The van der Waals surface area contributed by atoms with E-state index in [0.717, 1.165) is 38.5 Å². The van der Waals surface area contributed by atoms with E-state index in [-0.39, 0.29) is 29.6 Å². The molecule has 0 saturated carbocycles. The second-order valence-corrected chi connectivity index (χ2v) is 6.45. The second kappa shape index (κ2) is 11.4. The third-order valence-corrected chi connectivity index (χ3v) is 4.55. The Kier molecular flexibility index (Phi) is 9.58. The van der Waals surface area contributed by atoms with Crippen LogP contribution in [0.5, 0.6) is 0 Å². The van der Waals surface area contributed by atoms with Crippen molar-refractivity contribution in [3.63, 3.8) is 0 Å². The lowest BCUT2D eigenvalue weighted by Gasteiger charge is -2.35. The molecule has 3 rings (SSSR count). The molecule has 0 unspecified atom stereocenters. The van der Waals surface area contributed by atoms with Crippen molar-refractivity contribution in [2.45, 2.75) is 13.3 Å². The third kappa shape index (κ3) is 6.60. The molecule has 28 heavy (non-hydrogen) atoms. The Labute approximate surface area is 171 Å². The topological polar surface area (TPSA) is 97.0 Å². The van der Waals surface area contributed by atoms with Crippen LogP contribution in [0.4, 0.5) is 11.5 Å². The fraction of sp³-hybridized carbons (Fsp3) is 0.350. The van der Waals surface area contributed by atoms with Gasteiger partial charge < -0.3 is 15.7 Å². The molecule has 2 aromatic rings. The van der Waals surface area contributed by atoms with Crippen LogP contribution in [0.25, 0.3) is 0 Å². The number of nitrogens with zero attached hydrogens (tertiary/aromatic N) is 3. The maximum absolute atomic E-state index is 12.2. The molecule has 1 fully saturated rings. The number of benzene rings is 1. The van der Waals surface area contributed by atoms with E-state index in [1.807, 2.05) is 24.4 Å². The summed E-state index contributed by atoms with van der Waals surface area (Å²) in [6.45, 7) is 5.92. The molecular weight excluding hydrogens is 380 g/mol. The van der Waals surface area contributed by atoms with Gasteiger partial charge in [-0.15, -0.1) is 12.4 Å². The molecule has 8 heteroatoms. The molecule has 0 atom stereocenters. The molecule has 0 radical (unpaired) electrons. The SMILES string of the molecule is CC(=O)c1cccc(NC(=O)CCN2CCN(c3ccccn3)CC2)c1.Cl.O. The number of hydrogen-bond acceptors (Lipinski definition) is 5. The van der Waals surface area contributed by atoms with Crippen LogP contribution in [0.15, 0.2) is 48.7 Å². The van der Waals surface area contributed by atoms with Crippen molar-refractivity contribution in [1.82, 2.24) is 9.88 Å². The van der Waals surface area contributed by atoms with Crippen molar-refractivity contribution in [3.8, 4) is 0 Å². The predicted molar refractivity (Wildman–Crippen MR) is 113 cm³/mol. The first-order chi connectivity index (χ1) is 12.6. The van der Waals surface area contributed by atoms with Crippen LogP contribution in [0.3, 0.4) is 0 Å². The average Bonchev–Trinajstić information content (AvgIpc) is 2.68. The number of pyridine rings is 1. The van der Waals surface area contributed by atoms with Gasteiger partial charge >= 0.3 is 0 Å². The molecular formula is C20H27ClN4O3. The lowest BCUT2D eigenvalue weighted by molar-refractivity contribution is -0.116. The van der Waals surface area contributed by atoms with E-state index in [2.05, 4.69) is 20.1 Å². The zero-order valence-corrected chi connectivity index (χ0v) is 16.7. The fourth-order valence-corrected chi connectivity index (χ4v) is 3.04. The molecule has 1 amide bonds. The van der Waals surface area contributed by atoms with Crippen molar-refractivity contribution >= 4 is 35.6 Å². The highest BCUT2D eigenvalue weighted by atomic mass is 35.5. The van der Waals surface area contributed by atoms with Crippen molar-refractivity contribution in [2.24, 2.45) is 0 Å². The van der Waals surface area contributed by atoms with E-state index in [0.29, 0.717) is 17.7 Å². The number of carbonyl (C=O) groups is 2. The number of amides is 1. The molecule has 0 aliphatic carbocycles. The molecule has 3 N–H and O–H groups in total. The number of piperazine rings is 1. The first-order valence-electron chi connectivity index (χ1n) is 8.91. The summed E-state index contributed by atoms with van der Waals surface area (Å²) in [5.41, 5.74) is 1.27. The molecule has 1 aliphatic rings. The minimum Gasteiger partial charge on any atom is -0.412 e. The highest BCUT2D eigenvalue weighted by Gasteiger charge is 2.18. The van der Waals surface area contributed by atoms with E-state index >= 15 is 0 Å². The number of anilines is 2. The first-order valence-corrected chi connectivity index (χ1v) is 8.91. The van der Waals surface area contributed by atoms with Gasteiger partial charge in [0.2, 0.25) is 5.91 Å². The van der Waals surface area contributed by atoms with Gasteiger partial charge in [0.15, 0.2) is 5.78 Å². The summed E-state index contributed by atoms with van der Waals surface area (Å²) in [7, 11) is 0.